The van der Waals surface area contributed by atoms with Crippen LogP contribution in [0.25, 0.3) is 0 Å². The topological polar surface area (TPSA) is 83.1 Å². The maximum Gasteiger partial charge on any atom is 0.320 e. The number of carbonyl (C=O) groups excluding carboxylic acids is 2. The Balaban J connectivity index is 2.00. The predicted molar refractivity (Wildman–Crippen MR) is 86.1 cm³/mol. The molecule has 0 spiro atoms. The molecule has 1 heterocycles. The largest absolute Gasteiger partial charge is 0.338 e. The van der Waals surface area contributed by atoms with Crippen molar-refractivity contribution >= 4 is 23.4 Å². The lowest BCUT2D eigenvalue weighted by molar-refractivity contribution is 0.102. The number of hydrogen-bond donors (Lipinski definition) is 3. The monoisotopic (exact) mass is 298 g/mol. The van der Waals surface area contributed by atoms with Crippen molar-refractivity contribution < 1.29 is 9.59 Å². The molecule has 0 unspecified atom stereocenters. The van der Waals surface area contributed by atoms with E-state index in [0.29, 0.717) is 17.9 Å². The number of nitrogens with one attached hydrogen (secondary N) is 3. The van der Waals surface area contributed by atoms with Crippen molar-refractivity contribution in [3.63, 3.8) is 0 Å². The molecule has 0 bridgehead atoms. The first kappa shape index (κ1) is 15.5. The summed E-state index contributed by atoms with van der Waals surface area (Å²) in [5.41, 5.74) is 2.22. The van der Waals surface area contributed by atoms with E-state index in [-0.39, 0.29) is 11.9 Å². The molecule has 3 amide bonds. The third-order valence-corrected chi connectivity index (χ3v) is 2.88. The van der Waals surface area contributed by atoms with Gasteiger partial charge in [-0.15, -0.1) is 0 Å². The van der Waals surface area contributed by atoms with Gasteiger partial charge >= 0.3 is 6.03 Å². The molecular formula is C16H18N4O2. The van der Waals surface area contributed by atoms with E-state index < -0.39 is 0 Å². The van der Waals surface area contributed by atoms with Gasteiger partial charge in [0.2, 0.25) is 0 Å². The Hall–Kier alpha value is -2.89. The Kier molecular flexibility index (Phi) is 5.08. The highest BCUT2D eigenvalue weighted by Gasteiger charge is 2.08. The standard InChI is InChI=1S/C16H18N4O2/c1-3-17-16(22)20-14-8-7-12(10-18-14)15(21)19-13-6-4-5-11(2)9-13/h4-10H,3H2,1-2H3,(H,19,21)(H2,17,18,20,22). The molecule has 6 nitrogen and oxygen atoms in total. The number of pyridine rings is 1. The van der Waals surface area contributed by atoms with Crippen molar-refractivity contribution in [3.8, 4) is 0 Å². The number of benzene rings is 1. The molecule has 0 aliphatic rings. The number of aromatic nitrogens is 1. The van der Waals surface area contributed by atoms with Crippen LogP contribution in [0.15, 0.2) is 42.6 Å². The van der Waals surface area contributed by atoms with Crippen LogP contribution in [-0.2, 0) is 0 Å². The van der Waals surface area contributed by atoms with Gasteiger partial charge in [0.25, 0.3) is 5.91 Å². The van der Waals surface area contributed by atoms with Gasteiger partial charge in [-0.2, -0.15) is 0 Å². The molecule has 0 aliphatic heterocycles. The van der Waals surface area contributed by atoms with Gasteiger partial charge in [0, 0.05) is 18.4 Å². The number of aryl methyl sites for hydroxylation is 1. The summed E-state index contributed by atoms with van der Waals surface area (Å²) in [5, 5.41) is 7.97. The molecule has 1 aromatic carbocycles. The molecule has 0 saturated carbocycles. The summed E-state index contributed by atoms with van der Waals surface area (Å²) in [6, 6.07) is 10.4. The van der Waals surface area contributed by atoms with E-state index in [1.54, 1.807) is 12.1 Å². The Morgan fingerprint density at radius 3 is 2.59 bits per heavy atom. The molecule has 0 atom stereocenters. The fraction of sp³-hybridized carbons (Fsp3) is 0.188. The van der Waals surface area contributed by atoms with Crippen LogP contribution < -0.4 is 16.0 Å². The minimum atomic E-state index is -0.327. The van der Waals surface area contributed by atoms with Crippen molar-refractivity contribution in [2.75, 3.05) is 17.2 Å². The SMILES string of the molecule is CCNC(=O)Nc1ccc(C(=O)Nc2cccc(C)c2)cn1. The number of urea groups is 1. The molecule has 2 aromatic rings. The third-order valence-electron chi connectivity index (χ3n) is 2.88. The average Bonchev–Trinajstić information content (AvgIpc) is 2.48. The summed E-state index contributed by atoms with van der Waals surface area (Å²) in [7, 11) is 0. The molecule has 6 heteroatoms. The van der Waals surface area contributed by atoms with Crippen LogP contribution in [0.3, 0.4) is 0 Å². The van der Waals surface area contributed by atoms with E-state index >= 15 is 0 Å². The second-order valence-electron chi connectivity index (χ2n) is 4.74. The lowest BCUT2D eigenvalue weighted by Crippen LogP contribution is -2.28. The van der Waals surface area contributed by atoms with Crippen LogP contribution in [0.1, 0.15) is 22.8 Å². The zero-order chi connectivity index (χ0) is 15.9. The Labute approximate surface area is 129 Å². The number of hydrogen-bond acceptors (Lipinski definition) is 3. The van der Waals surface area contributed by atoms with Crippen molar-refractivity contribution in [1.29, 1.82) is 0 Å². The van der Waals surface area contributed by atoms with E-state index in [0.717, 1.165) is 11.3 Å². The zero-order valence-corrected chi connectivity index (χ0v) is 12.5. The van der Waals surface area contributed by atoms with Gasteiger partial charge in [-0.1, -0.05) is 12.1 Å². The molecule has 114 valence electrons. The fourth-order valence-electron chi connectivity index (χ4n) is 1.85. The first-order chi connectivity index (χ1) is 10.6. The molecule has 0 radical (unpaired) electrons. The van der Waals surface area contributed by atoms with Crippen LogP contribution in [0.4, 0.5) is 16.3 Å². The molecule has 22 heavy (non-hydrogen) atoms. The number of anilines is 2. The van der Waals surface area contributed by atoms with Crippen LogP contribution in [-0.4, -0.2) is 23.5 Å². The highest BCUT2D eigenvalue weighted by atomic mass is 16.2. The molecular weight excluding hydrogens is 280 g/mol. The van der Waals surface area contributed by atoms with Gasteiger partial charge in [-0.25, -0.2) is 9.78 Å². The van der Waals surface area contributed by atoms with Crippen molar-refractivity contribution in [2.24, 2.45) is 0 Å². The third kappa shape index (κ3) is 4.31. The predicted octanol–water partition coefficient (Wildman–Crippen LogP) is 2.78. The molecule has 1 aromatic heterocycles. The maximum atomic E-state index is 12.1. The van der Waals surface area contributed by atoms with Crippen LogP contribution in [0.5, 0.6) is 0 Å². The average molecular weight is 298 g/mol. The highest BCUT2D eigenvalue weighted by Crippen LogP contribution is 2.12. The summed E-state index contributed by atoms with van der Waals surface area (Å²) < 4.78 is 0. The highest BCUT2D eigenvalue weighted by molar-refractivity contribution is 6.04. The Morgan fingerprint density at radius 2 is 1.95 bits per heavy atom. The maximum absolute atomic E-state index is 12.1. The normalized spacial score (nSPS) is 9.91. The second-order valence-corrected chi connectivity index (χ2v) is 4.74. The summed E-state index contributed by atoms with van der Waals surface area (Å²) in [6.07, 6.45) is 1.42. The first-order valence-electron chi connectivity index (χ1n) is 6.97. The van der Waals surface area contributed by atoms with Gasteiger partial charge in [0.05, 0.1) is 5.56 Å². The smallest absolute Gasteiger partial charge is 0.320 e. The number of amides is 3. The first-order valence-corrected chi connectivity index (χ1v) is 6.97. The van der Waals surface area contributed by atoms with Crippen LogP contribution in [0.2, 0.25) is 0 Å². The summed E-state index contributed by atoms with van der Waals surface area (Å²) in [6.45, 7) is 4.31. The molecule has 0 fully saturated rings. The summed E-state index contributed by atoms with van der Waals surface area (Å²) in [5.74, 6) is 0.140. The van der Waals surface area contributed by atoms with Crippen LogP contribution >= 0.6 is 0 Å². The lowest BCUT2D eigenvalue weighted by Gasteiger charge is -2.07. The number of carbonyl (C=O) groups is 2. The minimum Gasteiger partial charge on any atom is -0.338 e. The van der Waals surface area contributed by atoms with Crippen LogP contribution in [0, 0.1) is 6.92 Å². The Bertz CT molecular complexity index is 668. The number of rotatable bonds is 4. The van der Waals surface area contributed by atoms with E-state index in [1.807, 2.05) is 38.1 Å². The minimum absolute atomic E-state index is 0.248. The number of nitrogens with zero attached hydrogens (tertiary/aromatic N) is 1. The van der Waals surface area contributed by atoms with Crippen molar-refractivity contribution in [1.82, 2.24) is 10.3 Å². The molecule has 2 rings (SSSR count). The van der Waals surface area contributed by atoms with Gasteiger partial charge in [-0.05, 0) is 43.7 Å². The van der Waals surface area contributed by atoms with Gasteiger partial charge in [0.15, 0.2) is 0 Å². The van der Waals surface area contributed by atoms with Gasteiger partial charge in [0.1, 0.15) is 5.82 Å². The summed E-state index contributed by atoms with van der Waals surface area (Å²) >= 11 is 0. The van der Waals surface area contributed by atoms with Gasteiger partial charge in [-0.3, -0.25) is 10.1 Å². The van der Waals surface area contributed by atoms with Crippen molar-refractivity contribution in [3.05, 3.63) is 53.7 Å². The lowest BCUT2D eigenvalue weighted by atomic mass is 10.2. The molecule has 0 aliphatic carbocycles. The second kappa shape index (κ2) is 7.21. The fourth-order valence-corrected chi connectivity index (χ4v) is 1.85. The summed E-state index contributed by atoms with van der Waals surface area (Å²) in [4.78, 5) is 27.5. The quantitative estimate of drug-likeness (QED) is 0.811. The van der Waals surface area contributed by atoms with Gasteiger partial charge < -0.3 is 10.6 Å². The van der Waals surface area contributed by atoms with E-state index in [4.69, 9.17) is 0 Å². The molecule has 3 N–H and O–H groups in total. The molecule has 0 saturated heterocycles. The van der Waals surface area contributed by atoms with E-state index in [2.05, 4.69) is 20.9 Å². The van der Waals surface area contributed by atoms with E-state index in [1.165, 1.54) is 6.20 Å². The van der Waals surface area contributed by atoms with E-state index in [9.17, 15) is 9.59 Å². The zero-order valence-electron chi connectivity index (χ0n) is 12.5. The Morgan fingerprint density at radius 1 is 1.14 bits per heavy atom. The van der Waals surface area contributed by atoms with Crippen molar-refractivity contribution in [2.45, 2.75) is 13.8 Å².